The second-order valence-corrected chi connectivity index (χ2v) is 5.03. The predicted molar refractivity (Wildman–Crippen MR) is 82.3 cm³/mol. The molecule has 0 saturated carbocycles. The van der Waals surface area contributed by atoms with Crippen molar-refractivity contribution < 1.29 is 4.74 Å². The molecule has 0 aliphatic carbocycles. The fourth-order valence-electron chi connectivity index (χ4n) is 2.65. The van der Waals surface area contributed by atoms with Crippen LogP contribution in [0.2, 0.25) is 0 Å². The minimum atomic E-state index is 0.309. The fourth-order valence-corrected chi connectivity index (χ4v) is 2.65. The Morgan fingerprint density at radius 2 is 2.10 bits per heavy atom. The summed E-state index contributed by atoms with van der Waals surface area (Å²) >= 11 is 0. The van der Waals surface area contributed by atoms with Gasteiger partial charge in [0.15, 0.2) is 0 Å². The van der Waals surface area contributed by atoms with Crippen LogP contribution >= 0.6 is 0 Å². The molecule has 110 valence electrons. The first-order valence-corrected chi connectivity index (χ1v) is 7.14. The molecule has 6 heteroatoms. The molecule has 0 bridgehead atoms. The van der Waals surface area contributed by atoms with Crippen LogP contribution in [-0.4, -0.2) is 34.6 Å². The van der Waals surface area contributed by atoms with Gasteiger partial charge in [0.1, 0.15) is 0 Å². The van der Waals surface area contributed by atoms with Gasteiger partial charge in [0.25, 0.3) is 0 Å². The highest BCUT2D eigenvalue weighted by atomic mass is 16.5. The largest absolute Gasteiger partial charge is 0.467 e. The Hall–Kier alpha value is -2.37. The first kappa shape index (κ1) is 13.6. The van der Waals surface area contributed by atoms with Crippen LogP contribution in [0.25, 0.3) is 0 Å². The maximum Gasteiger partial charge on any atom is 0.322 e. The summed E-state index contributed by atoms with van der Waals surface area (Å²) in [6.45, 7) is 4.92. The van der Waals surface area contributed by atoms with Crippen LogP contribution in [0.15, 0.2) is 24.3 Å². The first-order chi connectivity index (χ1) is 10.2. The molecule has 1 aromatic heterocycles. The quantitative estimate of drug-likeness (QED) is 0.930. The lowest BCUT2D eigenvalue weighted by molar-refractivity contribution is 0.379. The molecule has 0 saturated heterocycles. The van der Waals surface area contributed by atoms with Gasteiger partial charge < -0.3 is 15.0 Å². The van der Waals surface area contributed by atoms with Crippen LogP contribution < -0.4 is 15.0 Å². The average Bonchev–Trinajstić information content (AvgIpc) is 2.83. The van der Waals surface area contributed by atoms with Gasteiger partial charge in [-0.05, 0) is 31.9 Å². The maximum absolute atomic E-state index is 5.20. The molecular formula is C15H19N5O. The van der Waals surface area contributed by atoms with Crippen LogP contribution in [0.5, 0.6) is 6.01 Å². The molecule has 0 radical (unpaired) electrons. The molecule has 0 spiro atoms. The van der Waals surface area contributed by atoms with Crippen molar-refractivity contribution in [1.29, 1.82) is 0 Å². The van der Waals surface area contributed by atoms with Crippen molar-refractivity contribution in [2.24, 2.45) is 0 Å². The minimum absolute atomic E-state index is 0.309. The van der Waals surface area contributed by atoms with Crippen molar-refractivity contribution in [3.05, 3.63) is 29.8 Å². The number of para-hydroxylation sites is 1. The molecule has 1 aliphatic rings. The zero-order chi connectivity index (χ0) is 14.8. The van der Waals surface area contributed by atoms with Crippen molar-refractivity contribution in [1.82, 2.24) is 15.0 Å². The van der Waals surface area contributed by atoms with Gasteiger partial charge in [0.05, 0.1) is 7.11 Å². The minimum Gasteiger partial charge on any atom is -0.467 e. The second-order valence-electron chi connectivity index (χ2n) is 5.03. The summed E-state index contributed by atoms with van der Waals surface area (Å²) in [5.41, 5.74) is 2.47. The average molecular weight is 285 g/mol. The molecule has 2 heterocycles. The molecule has 2 aromatic rings. The summed E-state index contributed by atoms with van der Waals surface area (Å²) < 4.78 is 5.20. The summed E-state index contributed by atoms with van der Waals surface area (Å²) in [5.74, 6) is 1.16. The molecule has 1 atom stereocenters. The topological polar surface area (TPSA) is 63.2 Å². The SMILES string of the molecule is CCNc1nc(OC)nc(N2c3ccccc3CC2C)n1. The standard InChI is InChI=1S/C15H19N5O/c1-4-16-13-17-14(19-15(18-13)21-3)20-10(2)9-11-7-5-6-8-12(11)20/h5-8,10H,4,9H2,1-3H3,(H,16,17,18,19). The number of benzene rings is 1. The lowest BCUT2D eigenvalue weighted by Crippen LogP contribution is -2.26. The Labute approximate surface area is 124 Å². The number of rotatable bonds is 4. The van der Waals surface area contributed by atoms with E-state index in [1.807, 2.05) is 13.0 Å². The number of hydrogen-bond acceptors (Lipinski definition) is 6. The van der Waals surface area contributed by atoms with Gasteiger partial charge in [0.2, 0.25) is 11.9 Å². The van der Waals surface area contributed by atoms with E-state index in [1.165, 1.54) is 5.56 Å². The normalized spacial score (nSPS) is 16.7. The second kappa shape index (κ2) is 5.55. The highest BCUT2D eigenvalue weighted by Crippen LogP contribution is 2.36. The number of anilines is 3. The third kappa shape index (κ3) is 2.49. The lowest BCUT2D eigenvalue weighted by Gasteiger charge is -2.23. The highest BCUT2D eigenvalue weighted by Gasteiger charge is 2.29. The summed E-state index contributed by atoms with van der Waals surface area (Å²) in [5, 5.41) is 3.12. The summed E-state index contributed by atoms with van der Waals surface area (Å²) in [7, 11) is 1.57. The van der Waals surface area contributed by atoms with E-state index < -0.39 is 0 Å². The molecule has 1 aliphatic heterocycles. The van der Waals surface area contributed by atoms with Crippen molar-refractivity contribution in [3.8, 4) is 6.01 Å². The highest BCUT2D eigenvalue weighted by molar-refractivity contribution is 5.67. The maximum atomic E-state index is 5.20. The Morgan fingerprint density at radius 3 is 2.86 bits per heavy atom. The van der Waals surface area contributed by atoms with Gasteiger partial charge >= 0.3 is 6.01 Å². The Kier molecular flexibility index (Phi) is 3.60. The summed E-state index contributed by atoms with van der Waals surface area (Å²) in [6.07, 6.45) is 0.987. The van der Waals surface area contributed by atoms with Crippen molar-refractivity contribution >= 4 is 17.6 Å². The van der Waals surface area contributed by atoms with Crippen LogP contribution in [0.4, 0.5) is 17.6 Å². The number of ether oxygens (including phenoxy) is 1. The van der Waals surface area contributed by atoms with E-state index >= 15 is 0 Å². The van der Waals surface area contributed by atoms with Gasteiger partial charge in [-0.3, -0.25) is 0 Å². The fraction of sp³-hybridized carbons (Fsp3) is 0.400. The first-order valence-electron chi connectivity index (χ1n) is 7.14. The van der Waals surface area contributed by atoms with E-state index in [0.717, 1.165) is 18.7 Å². The van der Waals surface area contributed by atoms with E-state index in [1.54, 1.807) is 7.11 Å². The molecule has 1 unspecified atom stereocenters. The Balaban J connectivity index is 2.05. The molecule has 0 amide bonds. The third-order valence-electron chi connectivity index (χ3n) is 3.54. The molecule has 0 fully saturated rings. The number of aromatic nitrogens is 3. The molecular weight excluding hydrogens is 266 g/mol. The molecule has 1 aromatic carbocycles. The van der Waals surface area contributed by atoms with Gasteiger partial charge in [0, 0.05) is 18.3 Å². The van der Waals surface area contributed by atoms with Gasteiger partial charge in [-0.1, -0.05) is 18.2 Å². The zero-order valence-electron chi connectivity index (χ0n) is 12.5. The van der Waals surface area contributed by atoms with E-state index in [0.29, 0.717) is 23.9 Å². The number of hydrogen-bond donors (Lipinski definition) is 1. The Bertz CT molecular complexity index is 646. The van der Waals surface area contributed by atoms with Gasteiger partial charge in [-0.25, -0.2) is 0 Å². The molecule has 6 nitrogen and oxygen atoms in total. The summed E-state index contributed by atoms with van der Waals surface area (Å²) in [6, 6.07) is 8.98. The number of nitrogens with one attached hydrogen (secondary N) is 1. The molecule has 21 heavy (non-hydrogen) atoms. The summed E-state index contributed by atoms with van der Waals surface area (Å²) in [4.78, 5) is 15.3. The lowest BCUT2D eigenvalue weighted by atomic mass is 10.1. The van der Waals surface area contributed by atoms with Gasteiger partial charge in [-0.2, -0.15) is 15.0 Å². The van der Waals surface area contributed by atoms with Crippen molar-refractivity contribution in [3.63, 3.8) is 0 Å². The molecule has 1 N–H and O–H groups in total. The van der Waals surface area contributed by atoms with Crippen molar-refractivity contribution in [2.75, 3.05) is 23.9 Å². The van der Waals surface area contributed by atoms with Crippen LogP contribution in [0, 0.1) is 0 Å². The van der Waals surface area contributed by atoms with Gasteiger partial charge in [-0.15, -0.1) is 0 Å². The van der Waals surface area contributed by atoms with E-state index in [2.05, 4.69) is 50.3 Å². The van der Waals surface area contributed by atoms with Crippen LogP contribution in [0.3, 0.4) is 0 Å². The number of methoxy groups -OCH3 is 1. The zero-order valence-corrected chi connectivity index (χ0v) is 12.5. The smallest absolute Gasteiger partial charge is 0.322 e. The van der Waals surface area contributed by atoms with E-state index in [4.69, 9.17) is 4.74 Å². The molecule has 3 rings (SSSR count). The van der Waals surface area contributed by atoms with E-state index in [-0.39, 0.29) is 0 Å². The number of fused-ring (bicyclic) bond motifs is 1. The Morgan fingerprint density at radius 1 is 1.29 bits per heavy atom. The third-order valence-corrected chi connectivity index (χ3v) is 3.54. The predicted octanol–water partition coefficient (Wildman–Crippen LogP) is 2.39. The van der Waals surface area contributed by atoms with E-state index in [9.17, 15) is 0 Å². The van der Waals surface area contributed by atoms with Crippen LogP contribution in [0.1, 0.15) is 19.4 Å². The van der Waals surface area contributed by atoms with Crippen molar-refractivity contribution in [2.45, 2.75) is 26.3 Å². The number of nitrogens with zero attached hydrogens (tertiary/aromatic N) is 4. The monoisotopic (exact) mass is 285 g/mol. The van der Waals surface area contributed by atoms with Crippen LogP contribution in [-0.2, 0) is 6.42 Å².